The number of likely N-dealkylation sites (N-methyl/N-ethyl adjacent to an activating group) is 1. The summed E-state index contributed by atoms with van der Waals surface area (Å²) in [7, 11) is -1.49. The Balaban J connectivity index is 1.46. The van der Waals surface area contributed by atoms with Gasteiger partial charge >= 0.3 is 0 Å². The Morgan fingerprint density at radius 1 is 1.12 bits per heavy atom. The molecule has 0 spiro atoms. The molecule has 3 heterocycles. The molecule has 0 aliphatic carbocycles. The van der Waals surface area contributed by atoms with Crippen LogP contribution in [0.5, 0.6) is 5.75 Å². The lowest BCUT2D eigenvalue weighted by Gasteiger charge is -2.33. The molecular weight excluding hydrogens is 564 g/mol. The molecule has 5 rings (SSSR count). The van der Waals surface area contributed by atoms with Crippen LogP contribution in [-0.2, 0) is 16.3 Å². The first-order chi connectivity index (χ1) is 19.5. The van der Waals surface area contributed by atoms with Crippen molar-refractivity contribution in [3.63, 3.8) is 0 Å². The fourth-order valence-electron chi connectivity index (χ4n) is 5.12. The number of nitrogens with zero attached hydrogens (tertiary/aromatic N) is 4. The van der Waals surface area contributed by atoms with Crippen molar-refractivity contribution in [2.45, 2.75) is 50.4 Å². The smallest absolute Gasteiger partial charge is 0.254 e. The minimum absolute atomic E-state index is 0.0281. The predicted molar refractivity (Wildman–Crippen MR) is 161 cm³/mol. The Kier molecular flexibility index (Phi) is 8.13. The highest BCUT2D eigenvalue weighted by atomic mass is 35.5. The molecule has 41 heavy (non-hydrogen) atoms. The van der Waals surface area contributed by atoms with Crippen LogP contribution in [0.15, 0.2) is 41.4 Å². The van der Waals surface area contributed by atoms with E-state index in [4.69, 9.17) is 16.3 Å². The molecule has 10 nitrogen and oxygen atoms in total. The zero-order valence-electron chi connectivity index (χ0n) is 23.9. The lowest BCUT2D eigenvalue weighted by molar-refractivity contribution is 0.0662. The summed E-state index contributed by atoms with van der Waals surface area (Å²) in [6, 6.07) is 8.53. The third-order valence-corrected chi connectivity index (χ3v) is 9.94. The molecule has 1 fully saturated rings. The molecule has 3 aromatic rings. The number of hydrogen-bond donors (Lipinski definition) is 2. The maximum atomic E-state index is 13.6. The standard InChI is InChI=1S/C29H35ClN6O4S/c1-17(2)41(38,39)24-9-7-6-8-22(24)32-27-21(30)16-31-29(34-27)33-23-14-18(3)25(20-15-19(4)40-26(20)23)28(37)36-12-10-35(5)11-13-36/h6-9,14,16-17,19H,10-13,15H2,1-5H3,(H2,31,32,33,34). The number of halogens is 1. The van der Waals surface area contributed by atoms with E-state index in [1.807, 2.05) is 24.8 Å². The van der Waals surface area contributed by atoms with Gasteiger partial charge in [-0.3, -0.25) is 4.79 Å². The van der Waals surface area contributed by atoms with Crippen LogP contribution in [0.4, 0.5) is 23.1 Å². The molecule has 0 bridgehead atoms. The number of hydrogen-bond acceptors (Lipinski definition) is 9. The maximum Gasteiger partial charge on any atom is 0.254 e. The monoisotopic (exact) mass is 598 g/mol. The summed E-state index contributed by atoms with van der Waals surface area (Å²) in [5.41, 5.74) is 3.43. The van der Waals surface area contributed by atoms with Crippen molar-refractivity contribution >= 4 is 50.5 Å². The van der Waals surface area contributed by atoms with Gasteiger partial charge in [-0.15, -0.1) is 0 Å². The summed E-state index contributed by atoms with van der Waals surface area (Å²) in [4.78, 5) is 26.8. The average molecular weight is 599 g/mol. The molecule has 2 N–H and O–H groups in total. The van der Waals surface area contributed by atoms with Gasteiger partial charge in [0, 0.05) is 43.7 Å². The number of nitrogens with one attached hydrogen (secondary N) is 2. The van der Waals surface area contributed by atoms with E-state index < -0.39 is 15.1 Å². The quantitative estimate of drug-likeness (QED) is 0.395. The first kappa shape index (κ1) is 29.1. The van der Waals surface area contributed by atoms with Gasteiger partial charge in [-0.2, -0.15) is 4.98 Å². The molecular formula is C29H35ClN6O4S. The molecule has 2 aromatic carbocycles. The number of ether oxygens (including phenoxy) is 1. The molecule has 1 atom stereocenters. The first-order valence-electron chi connectivity index (χ1n) is 13.7. The van der Waals surface area contributed by atoms with Crippen molar-refractivity contribution in [2.24, 2.45) is 0 Å². The highest BCUT2D eigenvalue weighted by molar-refractivity contribution is 7.92. The van der Waals surface area contributed by atoms with Gasteiger partial charge in [0.05, 0.1) is 27.7 Å². The average Bonchev–Trinajstić information content (AvgIpc) is 3.32. The molecule has 0 saturated carbocycles. The normalized spacial score (nSPS) is 17.3. The second-order valence-corrected chi connectivity index (χ2v) is 13.8. The van der Waals surface area contributed by atoms with E-state index in [1.165, 1.54) is 6.20 Å². The predicted octanol–water partition coefficient (Wildman–Crippen LogP) is 4.82. The third-order valence-electron chi connectivity index (χ3n) is 7.45. The lowest BCUT2D eigenvalue weighted by atomic mass is 9.96. The van der Waals surface area contributed by atoms with Gasteiger partial charge in [0.25, 0.3) is 5.91 Å². The number of piperazine rings is 1. The minimum Gasteiger partial charge on any atom is -0.488 e. The van der Waals surface area contributed by atoms with Gasteiger partial charge in [0.15, 0.2) is 15.7 Å². The fraction of sp³-hybridized carbons (Fsp3) is 0.414. The fourth-order valence-corrected chi connectivity index (χ4v) is 6.46. The molecule has 218 valence electrons. The summed E-state index contributed by atoms with van der Waals surface area (Å²) >= 11 is 6.42. The number of amides is 1. The number of aryl methyl sites for hydroxylation is 1. The Morgan fingerprint density at radius 3 is 2.54 bits per heavy atom. The number of para-hydroxylation sites is 1. The van der Waals surface area contributed by atoms with Crippen molar-refractivity contribution < 1.29 is 17.9 Å². The van der Waals surface area contributed by atoms with Crippen LogP contribution in [0.25, 0.3) is 0 Å². The van der Waals surface area contributed by atoms with Crippen molar-refractivity contribution in [2.75, 3.05) is 43.9 Å². The van der Waals surface area contributed by atoms with Crippen LogP contribution in [0, 0.1) is 6.92 Å². The number of aromatic nitrogens is 2. The number of sulfone groups is 1. The van der Waals surface area contributed by atoms with E-state index in [9.17, 15) is 13.2 Å². The Hall–Kier alpha value is -3.41. The number of fused-ring (bicyclic) bond motifs is 1. The Labute approximate surface area is 246 Å². The van der Waals surface area contributed by atoms with E-state index in [0.717, 1.165) is 24.2 Å². The van der Waals surface area contributed by atoms with Crippen LogP contribution in [0.2, 0.25) is 5.02 Å². The van der Waals surface area contributed by atoms with Crippen molar-refractivity contribution in [3.8, 4) is 5.75 Å². The molecule has 2 aliphatic heterocycles. The molecule has 1 aromatic heterocycles. The van der Waals surface area contributed by atoms with Crippen molar-refractivity contribution in [1.29, 1.82) is 0 Å². The number of carbonyl (C=O) groups is 1. The van der Waals surface area contributed by atoms with Gasteiger partial charge in [-0.25, -0.2) is 13.4 Å². The second-order valence-electron chi connectivity index (χ2n) is 10.9. The van der Waals surface area contributed by atoms with Crippen LogP contribution in [0.3, 0.4) is 0 Å². The number of rotatable bonds is 7. The highest BCUT2D eigenvalue weighted by Crippen LogP contribution is 2.42. The summed E-state index contributed by atoms with van der Waals surface area (Å²) < 4.78 is 32.0. The Morgan fingerprint density at radius 2 is 1.83 bits per heavy atom. The van der Waals surface area contributed by atoms with Crippen LogP contribution in [-0.4, -0.2) is 78.7 Å². The molecule has 1 saturated heterocycles. The molecule has 12 heteroatoms. The summed E-state index contributed by atoms with van der Waals surface area (Å²) in [5.74, 6) is 1.13. The van der Waals surface area contributed by atoms with Crippen LogP contribution < -0.4 is 15.4 Å². The molecule has 2 aliphatic rings. The zero-order chi connectivity index (χ0) is 29.5. The molecule has 0 radical (unpaired) electrons. The van der Waals surface area contributed by atoms with Gasteiger partial charge in [0.1, 0.15) is 16.9 Å². The van der Waals surface area contributed by atoms with E-state index >= 15 is 0 Å². The van der Waals surface area contributed by atoms with Gasteiger partial charge < -0.3 is 25.2 Å². The SMILES string of the molecule is Cc1cc(Nc2ncc(Cl)c(Nc3ccccc3S(=O)(=O)C(C)C)n2)c2c(c1C(=O)N1CCN(C)CC1)CC(C)O2. The van der Waals surface area contributed by atoms with Crippen molar-refractivity contribution in [1.82, 2.24) is 19.8 Å². The highest BCUT2D eigenvalue weighted by Gasteiger charge is 2.32. The largest absolute Gasteiger partial charge is 0.488 e. The maximum absolute atomic E-state index is 13.6. The van der Waals surface area contributed by atoms with Gasteiger partial charge in [0.2, 0.25) is 5.95 Å². The zero-order valence-corrected chi connectivity index (χ0v) is 25.4. The van der Waals surface area contributed by atoms with Crippen LogP contribution in [0.1, 0.15) is 42.3 Å². The molecule has 1 amide bonds. The van der Waals surface area contributed by atoms with Gasteiger partial charge in [-0.05, 0) is 58.5 Å². The lowest BCUT2D eigenvalue weighted by Crippen LogP contribution is -2.47. The third kappa shape index (κ3) is 5.84. The number of anilines is 4. The second kappa shape index (κ2) is 11.5. The Bertz CT molecular complexity index is 1590. The van der Waals surface area contributed by atoms with E-state index in [1.54, 1.807) is 38.1 Å². The minimum atomic E-state index is -3.55. The van der Waals surface area contributed by atoms with E-state index in [-0.39, 0.29) is 33.7 Å². The summed E-state index contributed by atoms with van der Waals surface area (Å²) in [5, 5.41) is 5.95. The molecule has 1 unspecified atom stereocenters. The number of benzene rings is 2. The van der Waals surface area contributed by atoms with Crippen molar-refractivity contribution in [3.05, 3.63) is 58.2 Å². The van der Waals surface area contributed by atoms with E-state index in [2.05, 4.69) is 32.5 Å². The topological polar surface area (TPSA) is 117 Å². The van der Waals surface area contributed by atoms with E-state index in [0.29, 0.717) is 42.2 Å². The van der Waals surface area contributed by atoms with Crippen LogP contribution >= 0.6 is 11.6 Å². The van der Waals surface area contributed by atoms with Gasteiger partial charge in [-0.1, -0.05) is 23.7 Å². The number of carbonyl (C=O) groups excluding carboxylic acids is 1. The first-order valence-corrected chi connectivity index (χ1v) is 15.6. The summed E-state index contributed by atoms with van der Waals surface area (Å²) in [6.07, 6.45) is 1.98. The summed E-state index contributed by atoms with van der Waals surface area (Å²) in [6.45, 7) is 10.3.